The predicted octanol–water partition coefficient (Wildman–Crippen LogP) is 4.40. The summed E-state index contributed by atoms with van der Waals surface area (Å²) < 4.78 is 21.4. The number of carbonyl (C=O) groups is 3. The summed E-state index contributed by atoms with van der Waals surface area (Å²) in [5.74, 6) is -0.668. The zero-order valence-electron chi connectivity index (χ0n) is 19.2. The van der Waals surface area contributed by atoms with Gasteiger partial charge in [0.15, 0.2) is 18.1 Å². The fraction of sp³-hybridized carbons (Fsp3) is 0.458. The van der Waals surface area contributed by atoms with E-state index in [0.29, 0.717) is 35.3 Å². The van der Waals surface area contributed by atoms with Crippen molar-refractivity contribution in [2.24, 2.45) is 0 Å². The largest absolute Gasteiger partial charge is 0.490 e. The second-order valence-corrected chi connectivity index (χ2v) is 8.39. The van der Waals surface area contributed by atoms with Gasteiger partial charge in [-0.15, -0.1) is 11.3 Å². The number of amides is 1. The van der Waals surface area contributed by atoms with Gasteiger partial charge in [-0.25, -0.2) is 9.59 Å². The molecule has 178 valence electrons. The van der Waals surface area contributed by atoms with Crippen LogP contribution in [0.5, 0.6) is 11.5 Å². The van der Waals surface area contributed by atoms with Crippen LogP contribution in [-0.2, 0) is 27.1 Å². The number of rotatable bonds is 10. The van der Waals surface area contributed by atoms with Gasteiger partial charge in [0.05, 0.1) is 30.9 Å². The third kappa shape index (κ3) is 6.04. The minimum atomic E-state index is -0.662. The van der Waals surface area contributed by atoms with Crippen molar-refractivity contribution in [3.63, 3.8) is 0 Å². The predicted molar refractivity (Wildman–Crippen MR) is 125 cm³/mol. The molecule has 8 nitrogen and oxygen atoms in total. The molecule has 9 heteroatoms. The minimum Gasteiger partial charge on any atom is -0.490 e. The Morgan fingerprint density at radius 1 is 0.909 bits per heavy atom. The number of hydrogen-bond acceptors (Lipinski definition) is 8. The first-order chi connectivity index (χ1) is 16.0. The third-order valence-electron chi connectivity index (χ3n) is 5.02. The summed E-state index contributed by atoms with van der Waals surface area (Å²) >= 11 is 1.39. The van der Waals surface area contributed by atoms with Crippen molar-refractivity contribution in [2.45, 2.75) is 46.5 Å². The number of thiophene rings is 1. The summed E-state index contributed by atoms with van der Waals surface area (Å²) in [5, 5.41) is 3.17. The summed E-state index contributed by atoms with van der Waals surface area (Å²) in [5.41, 5.74) is 1.62. The molecule has 0 atom stereocenters. The van der Waals surface area contributed by atoms with E-state index in [1.807, 2.05) is 13.8 Å². The molecule has 0 radical (unpaired) electrons. The van der Waals surface area contributed by atoms with E-state index in [0.717, 1.165) is 36.1 Å². The average Bonchev–Trinajstić information content (AvgIpc) is 3.16. The Morgan fingerprint density at radius 2 is 1.64 bits per heavy atom. The summed E-state index contributed by atoms with van der Waals surface area (Å²) in [6, 6.07) is 4.72. The molecule has 1 aliphatic rings. The molecule has 0 saturated carbocycles. The van der Waals surface area contributed by atoms with Gasteiger partial charge in [-0.1, -0.05) is 0 Å². The lowest BCUT2D eigenvalue weighted by Crippen LogP contribution is -2.22. The Balaban J connectivity index is 1.67. The van der Waals surface area contributed by atoms with Crippen molar-refractivity contribution in [1.29, 1.82) is 0 Å². The SMILES string of the molecule is CCOC(=O)c1c(NC(=O)COC(=O)c2ccc(OCC)c(OCC)c2)sc2c1CCCC2. The van der Waals surface area contributed by atoms with Gasteiger partial charge in [-0.05, 0) is 70.2 Å². The Bertz CT molecular complexity index is 1010. The van der Waals surface area contributed by atoms with Gasteiger partial charge in [0.25, 0.3) is 5.91 Å². The van der Waals surface area contributed by atoms with E-state index < -0.39 is 24.5 Å². The van der Waals surface area contributed by atoms with Crippen LogP contribution in [0, 0.1) is 0 Å². The molecule has 0 unspecified atom stereocenters. The number of aryl methyl sites for hydroxylation is 1. The highest BCUT2D eigenvalue weighted by molar-refractivity contribution is 7.17. The number of nitrogens with one attached hydrogen (secondary N) is 1. The number of benzene rings is 1. The van der Waals surface area contributed by atoms with Crippen molar-refractivity contribution in [3.8, 4) is 11.5 Å². The second kappa shape index (κ2) is 11.7. The van der Waals surface area contributed by atoms with Crippen LogP contribution in [0.15, 0.2) is 18.2 Å². The highest BCUT2D eigenvalue weighted by Gasteiger charge is 2.27. The smallest absolute Gasteiger partial charge is 0.341 e. The van der Waals surface area contributed by atoms with Crippen molar-refractivity contribution in [1.82, 2.24) is 0 Å². The molecule has 1 aromatic heterocycles. The Kier molecular flexibility index (Phi) is 8.71. The van der Waals surface area contributed by atoms with Gasteiger partial charge in [0.1, 0.15) is 5.00 Å². The Labute approximate surface area is 197 Å². The van der Waals surface area contributed by atoms with E-state index in [1.54, 1.807) is 19.1 Å². The van der Waals surface area contributed by atoms with Crippen molar-refractivity contribution in [3.05, 3.63) is 39.8 Å². The second-order valence-electron chi connectivity index (χ2n) is 7.29. The maximum absolute atomic E-state index is 12.5. The topological polar surface area (TPSA) is 100 Å². The quantitative estimate of drug-likeness (QED) is 0.509. The number of carbonyl (C=O) groups excluding carboxylic acids is 3. The average molecular weight is 476 g/mol. The van der Waals surface area contributed by atoms with Crippen LogP contribution in [0.3, 0.4) is 0 Å². The first kappa shape index (κ1) is 24.6. The summed E-state index contributed by atoms with van der Waals surface area (Å²) in [7, 11) is 0. The molecular weight excluding hydrogens is 446 g/mol. The number of hydrogen-bond donors (Lipinski definition) is 1. The van der Waals surface area contributed by atoms with E-state index in [2.05, 4.69) is 5.32 Å². The fourth-order valence-electron chi connectivity index (χ4n) is 3.63. The fourth-order valence-corrected chi connectivity index (χ4v) is 4.92. The molecule has 0 fully saturated rings. The van der Waals surface area contributed by atoms with Crippen LogP contribution in [0.4, 0.5) is 5.00 Å². The highest BCUT2D eigenvalue weighted by atomic mass is 32.1. The van der Waals surface area contributed by atoms with Crippen LogP contribution in [-0.4, -0.2) is 44.3 Å². The lowest BCUT2D eigenvalue weighted by Gasteiger charge is -2.13. The molecule has 3 rings (SSSR count). The van der Waals surface area contributed by atoms with Gasteiger partial charge in [-0.3, -0.25) is 4.79 Å². The molecule has 1 amide bonds. The zero-order valence-corrected chi connectivity index (χ0v) is 20.0. The van der Waals surface area contributed by atoms with E-state index in [9.17, 15) is 14.4 Å². The van der Waals surface area contributed by atoms with E-state index in [4.69, 9.17) is 18.9 Å². The van der Waals surface area contributed by atoms with E-state index >= 15 is 0 Å². The molecular formula is C24H29NO7S. The van der Waals surface area contributed by atoms with Crippen LogP contribution < -0.4 is 14.8 Å². The number of fused-ring (bicyclic) bond motifs is 1. The van der Waals surface area contributed by atoms with Gasteiger partial charge in [0.2, 0.25) is 0 Å². The third-order valence-corrected chi connectivity index (χ3v) is 6.22. The Morgan fingerprint density at radius 3 is 2.36 bits per heavy atom. The molecule has 1 N–H and O–H groups in total. The van der Waals surface area contributed by atoms with Crippen LogP contribution in [0.1, 0.15) is 64.8 Å². The minimum absolute atomic E-state index is 0.244. The molecule has 0 spiro atoms. The van der Waals surface area contributed by atoms with Crippen LogP contribution in [0.25, 0.3) is 0 Å². The molecule has 2 aromatic rings. The zero-order chi connectivity index (χ0) is 23.8. The summed E-state index contributed by atoms with van der Waals surface area (Å²) in [6.07, 6.45) is 3.70. The summed E-state index contributed by atoms with van der Waals surface area (Å²) in [6.45, 7) is 6.07. The van der Waals surface area contributed by atoms with Gasteiger partial charge in [-0.2, -0.15) is 0 Å². The maximum atomic E-state index is 12.5. The van der Waals surface area contributed by atoms with E-state index in [-0.39, 0.29) is 12.2 Å². The lowest BCUT2D eigenvalue weighted by molar-refractivity contribution is -0.119. The molecule has 0 aliphatic heterocycles. The first-order valence-electron chi connectivity index (χ1n) is 11.2. The molecule has 1 aromatic carbocycles. The van der Waals surface area contributed by atoms with Crippen molar-refractivity contribution < 1.29 is 33.3 Å². The van der Waals surface area contributed by atoms with Gasteiger partial charge < -0.3 is 24.3 Å². The lowest BCUT2D eigenvalue weighted by atomic mass is 9.95. The highest BCUT2D eigenvalue weighted by Crippen LogP contribution is 2.38. The normalized spacial score (nSPS) is 12.5. The van der Waals surface area contributed by atoms with E-state index in [1.165, 1.54) is 17.4 Å². The molecule has 0 bridgehead atoms. The molecule has 1 heterocycles. The molecule has 33 heavy (non-hydrogen) atoms. The number of anilines is 1. The Hall–Kier alpha value is -3.07. The summed E-state index contributed by atoms with van der Waals surface area (Å²) in [4.78, 5) is 38.6. The van der Waals surface area contributed by atoms with Crippen LogP contribution in [0.2, 0.25) is 0 Å². The number of esters is 2. The van der Waals surface area contributed by atoms with Gasteiger partial charge in [0, 0.05) is 4.88 Å². The monoisotopic (exact) mass is 475 g/mol. The standard InChI is InChI=1S/C24H29NO7S/c1-4-29-17-12-11-15(13-18(17)30-5-2)23(27)32-14-20(26)25-22-21(24(28)31-6-3)16-9-7-8-10-19(16)33-22/h11-13H,4-10,14H2,1-3H3,(H,25,26). The first-order valence-corrected chi connectivity index (χ1v) is 12.0. The molecule has 1 aliphatic carbocycles. The maximum Gasteiger partial charge on any atom is 0.341 e. The van der Waals surface area contributed by atoms with Crippen LogP contribution >= 0.6 is 11.3 Å². The number of ether oxygens (including phenoxy) is 4. The molecule has 0 saturated heterocycles. The van der Waals surface area contributed by atoms with Gasteiger partial charge >= 0.3 is 11.9 Å². The van der Waals surface area contributed by atoms with Crippen molar-refractivity contribution >= 4 is 34.2 Å². The van der Waals surface area contributed by atoms with Crippen molar-refractivity contribution in [2.75, 3.05) is 31.7 Å².